The van der Waals surface area contributed by atoms with Gasteiger partial charge in [-0.1, -0.05) is 60.7 Å². The lowest BCUT2D eigenvalue weighted by atomic mass is 10.2. The van der Waals surface area contributed by atoms with E-state index in [0.717, 1.165) is 45.3 Å². The molecule has 0 fully saturated rings. The SMILES string of the molecule is COC(=O)c1ccc(-c2ccc(-c3ccc(-c4ccc(C(=O)OC)[nH]4)n3Cc3ccccc3)n2Cc2ccccc2)[nH]1. The minimum Gasteiger partial charge on any atom is -0.464 e. The normalized spacial score (nSPS) is 11.0. The topological polar surface area (TPSA) is 94.0 Å². The van der Waals surface area contributed by atoms with Crippen LogP contribution in [0, 0.1) is 0 Å². The first-order valence-electron chi connectivity index (χ1n) is 13.6. The van der Waals surface area contributed by atoms with Crippen LogP contribution in [0.3, 0.4) is 0 Å². The summed E-state index contributed by atoms with van der Waals surface area (Å²) >= 11 is 0. The highest BCUT2D eigenvalue weighted by Gasteiger charge is 2.21. The van der Waals surface area contributed by atoms with Gasteiger partial charge >= 0.3 is 11.9 Å². The number of hydrogen-bond donors (Lipinski definition) is 2. The zero-order chi connectivity index (χ0) is 29.1. The summed E-state index contributed by atoms with van der Waals surface area (Å²) in [5.41, 5.74) is 8.58. The van der Waals surface area contributed by atoms with Gasteiger partial charge in [0.1, 0.15) is 11.4 Å². The standard InChI is InChI=1S/C34H30N4O4/c1-41-33(39)27-15-13-25(35-27)29-17-19-31(37(29)21-23-9-5-3-6-10-23)32-20-18-30(26-14-16-28(36-26)34(40)42-2)38(32)22-24-11-7-4-8-12-24/h3-20,35-36H,21-22H2,1-2H3. The number of benzene rings is 2. The van der Waals surface area contributed by atoms with Crippen molar-refractivity contribution in [3.63, 3.8) is 0 Å². The zero-order valence-electron chi connectivity index (χ0n) is 23.3. The lowest BCUT2D eigenvalue weighted by Crippen LogP contribution is -2.09. The smallest absolute Gasteiger partial charge is 0.354 e. The molecule has 6 rings (SSSR count). The maximum atomic E-state index is 12.2. The van der Waals surface area contributed by atoms with Gasteiger partial charge in [-0.05, 0) is 59.7 Å². The van der Waals surface area contributed by atoms with Crippen molar-refractivity contribution in [1.29, 1.82) is 0 Å². The Morgan fingerprint density at radius 3 is 1.29 bits per heavy atom. The van der Waals surface area contributed by atoms with Crippen LogP contribution in [0.5, 0.6) is 0 Å². The monoisotopic (exact) mass is 558 g/mol. The van der Waals surface area contributed by atoms with Crippen molar-refractivity contribution in [3.8, 4) is 34.2 Å². The Balaban J connectivity index is 1.50. The summed E-state index contributed by atoms with van der Waals surface area (Å²) in [6, 6.07) is 36.1. The Bertz CT molecular complexity index is 1700. The molecule has 0 bridgehead atoms. The van der Waals surface area contributed by atoms with E-state index in [0.29, 0.717) is 24.5 Å². The number of H-pyrrole nitrogens is 2. The quantitative estimate of drug-likeness (QED) is 0.195. The van der Waals surface area contributed by atoms with E-state index in [-0.39, 0.29) is 0 Å². The second kappa shape index (κ2) is 11.5. The maximum Gasteiger partial charge on any atom is 0.354 e. The van der Waals surface area contributed by atoms with Crippen LogP contribution in [0.25, 0.3) is 34.2 Å². The van der Waals surface area contributed by atoms with Gasteiger partial charge < -0.3 is 28.6 Å². The van der Waals surface area contributed by atoms with Crippen molar-refractivity contribution < 1.29 is 19.1 Å². The van der Waals surface area contributed by atoms with Gasteiger partial charge in [0.05, 0.1) is 48.4 Å². The number of nitrogens with one attached hydrogen (secondary N) is 2. The number of esters is 2. The third-order valence-electron chi connectivity index (χ3n) is 7.33. The fourth-order valence-electron chi connectivity index (χ4n) is 5.27. The molecular weight excluding hydrogens is 528 g/mol. The molecule has 8 heteroatoms. The second-order valence-corrected chi connectivity index (χ2v) is 9.91. The van der Waals surface area contributed by atoms with E-state index in [1.807, 2.05) is 48.5 Å². The average Bonchev–Trinajstić information content (AvgIpc) is 3.84. The summed E-state index contributed by atoms with van der Waals surface area (Å²) in [7, 11) is 2.74. The largest absolute Gasteiger partial charge is 0.464 e. The number of aromatic amines is 2. The van der Waals surface area contributed by atoms with Gasteiger partial charge in [0.2, 0.25) is 0 Å². The van der Waals surface area contributed by atoms with Crippen LogP contribution < -0.4 is 0 Å². The number of hydrogen-bond acceptors (Lipinski definition) is 4. The van der Waals surface area contributed by atoms with Crippen molar-refractivity contribution in [2.45, 2.75) is 13.1 Å². The minimum absolute atomic E-state index is 0.393. The zero-order valence-corrected chi connectivity index (χ0v) is 23.3. The third kappa shape index (κ3) is 5.17. The van der Waals surface area contributed by atoms with Crippen LogP contribution in [-0.2, 0) is 22.6 Å². The Labute approximate surface area is 243 Å². The molecule has 0 saturated heterocycles. The minimum atomic E-state index is -0.415. The number of rotatable bonds is 9. The van der Waals surface area contributed by atoms with Gasteiger partial charge in [0.15, 0.2) is 0 Å². The van der Waals surface area contributed by atoms with Crippen molar-refractivity contribution in [1.82, 2.24) is 19.1 Å². The van der Waals surface area contributed by atoms with E-state index in [1.165, 1.54) is 14.2 Å². The van der Waals surface area contributed by atoms with Crippen molar-refractivity contribution in [2.75, 3.05) is 14.2 Å². The molecule has 0 saturated carbocycles. The Hall–Kier alpha value is -5.50. The molecule has 4 aromatic heterocycles. The van der Waals surface area contributed by atoms with Gasteiger partial charge in [-0.15, -0.1) is 0 Å². The average molecular weight is 559 g/mol. The van der Waals surface area contributed by atoms with Gasteiger partial charge in [-0.2, -0.15) is 0 Å². The first-order valence-corrected chi connectivity index (χ1v) is 13.6. The number of aromatic nitrogens is 4. The molecule has 2 N–H and O–H groups in total. The molecule has 42 heavy (non-hydrogen) atoms. The summed E-state index contributed by atoms with van der Waals surface area (Å²) in [5, 5.41) is 0. The van der Waals surface area contributed by atoms with Crippen molar-refractivity contribution in [2.24, 2.45) is 0 Å². The second-order valence-electron chi connectivity index (χ2n) is 9.91. The molecule has 0 aliphatic heterocycles. The lowest BCUT2D eigenvalue weighted by molar-refractivity contribution is 0.0586. The van der Waals surface area contributed by atoms with Crippen LogP contribution >= 0.6 is 0 Å². The summed E-state index contributed by atoms with van der Waals surface area (Å²) in [6.45, 7) is 1.23. The molecule has 0 spiro atoms. The van der Waals surface area contributed by atoms with E-state index >= 15 is 0 Å². The molecule has 210 valence electrons. The number of ether oxygens (including phenoxy) is 2. The molecule has 0 aliphatic rings. The molecule has 6 aromatic rings. The first kappa shape index (κ1) is 26.7. The third-order valence-corrected chi connectivity index (χ3v) is 7.33. The van der Waals surface area contributed by atoms with Crippen LogP contribution in [0.1, 0.15) is 32.1 Å². The Kier molecular flexibility index (Phi) is 7.34. The van der Waals surface area contributed by atoms with E-state index in [2.05, 4.69) is 67.6 Å². The maximum absolute atomic E-state index is 12.2. The fraction of sp³-hybridized carbons (Fsp3) is 0.118. The predicted molar refractivity (Wildman–Crippen MR) is 161 cm³/mol. The molecule has 4 heterocycles. The highest BCUT2D eigenvalue weighted by atomic mass is 16.5. The first-order chi connectivity index (χ1) is 20.6. The predicted octanol–water partition coefficient (Wildman–Crippen LogP) is 6.62. The van der Waals surface area contributed by atoms with Gasteiger partial charge in [-0.25, -0.2) is 9.59 Å². The Morgan fingerprint density at radius 1 is 0.524 bits per heavy atom. The highest BCUT2D eigenvalue weighted by molar-refractivity contribution is 5.89. The fourth-order valence-corrected chi connectivity index (χ4v) is 5.27. The van der Waals surface area contributed by atoms with Crippen LogP contribution in [0.2, 0.25) is 0 Å². The summed E-state index contributed by atoms with van der Waals surface area (Å²) < 4.78 is 14.3. The summed E-state index contributed by atoms with van der Waals surface area (Å²) in [5.74, 6) is -0.831. The van der Waals surface area contributed by atoms with E-state index < -0.39 is 11.9 Å². The van der Waals surface area contributed by atoms with E-state index in [9.17, 15) is 9.59 Å². The molecule has 0 amide bonds. The summed E-state index contributed by atoms with van der Waals surface area (Å²) in [4.78, 5) is 30.8. The van der Waals surface area contributed by atoms with Crippen LogP contribution in [-0.4, -0.2) is 45.3 Å². The Morgan fingerprint density at radius 2 is 0.905 bits per heavy atom. The molecule has 0 unspecified atom stereocenters. The lowest BCUT2D eigenvalue weighted by Gasteiger charge is -2.17. The molecular formula is C34H30N4O4. The highest BCUT2D eigenvalue weighted by Crippen LogP contribution is 2.34. The number of carbonyl (C=O) groups is 2. The van der Waals surface area contributed by atoms with Crippen molar-refractivity contribution >= 4 is 11.9 Å². The molecule has 0 radical (unpaired) electrons. The van der Waals surface area contributed by atoms with Crippen LogP contribution in [0.15, 0.2) is 109 Å². The molecule has 2 aromatic carbocycles. The summed E-state index contributed by atoms with van der Waals surface area (Å²) in [6.07, 6.45) is 0. The van der Waals surface area contributed by atoms with Crippen LogP contribution in [0.4, 0.5) is 0 Å². The van der Waals surface area contributed by atoms with Gasteiger partial charge in [-0.3, -0.25) is 0 Å². The van der Waals surface area contributed by atoms with Crippen molar-refractivity contribution in [3.05, 3.63) is 132 Å². The number of carbonyl (C=O) groups excluding carboxylic acids is 2. The molecule has 0 atom stereocenters. The van der Waals surface area contributed by atoms with E-state index in [4.69, 9.17) is 9.47 Å². The van der Waals surface area contributed by atoms with Gasteiger partial charge in [0, 0.05) is 13.1 Å². The van der Waals surface area contributed by atoms with Gasteiger partial charge in [0.25, 0.3) is 0 Å². The number of nitrogens with zero attached hydrogens (tertiary/aromatic N) is 2. The van der Waals surface area contributed by atoms with E-state index in [1.54, 1.807) is 12.1 Å². The molecule has 8 nitrogen and oxygen atoms in total. The number of methoxy groups -OCH3 is 2. The molecule has 0 aliphatic carbocycles.